The second kappa shape index (κ2) is 8.20. The molecule has 0 saturated heterocycles. The molecular formula is C17H17N3O4S. The Hall–Kier alpha value is -3.00. The third-order valence-corrected chi connectivity index (χ3v) is 3.35. The molecule has 2 aromatic rings. The van der Waals surface area contributed by atoms with E-state index in [-0.39, 0.29) is 17.4 Å². The summed E-state index contributed by atoms with van der Waals surface area (Å²) in [5, 5.41) is 16.2. The van der Waals surface area contributed by atoms with Gasteiger partial charge in [-0.3, -0.25) is 20.2 Å². The molecule has 0 fully saturated rings. The Kier molecular flexibility index (Phi) is 6.02. The molecule has 0 aromatic heterocycles. The highest BCUT2D eigenvalue weighted by Crippen LogP contribution is 2.17. The number of ether oxygens (including phenoxy) is 1. The number of benzene rings is 2. The average Bonchev–Trinajstić information content (AvgIpc) is 2.52. The van der Waals surface area contributed by atoms with Crippen LogP contribution in [0.15, 0.2) is 42.5 Å². The minimum Gasteiger partial charge on any atom is -0.484 e. The lowest BCUT2D eigenvalue weighted by Crippen LogP contribution is -2.37. The Balaban J connectivity index is 1.83. The first-order valence-corrected chi connectivity index (χ1v) is 7.81. The third-order valence-electron chi connectivity index (χ3n) is 3.15. The quantitative estimate of drug-likeness (QED) is 0.484. The van der Waals surface area contributed by atoms with E-state index in [4.69, 9.17) is 17.0 Å². The molecule has 2 N–H and O–H groups in total. The van der Waals surface area contributed by atoms with Crippen molar-refractivity contribution in [3.05, 3.63) is 63.7 Å². The van der Waals surface area contributed by atoms with Crippen molar-refractivity contribution in [1.29, 1.82) is 0 Å². The summed E-state index contributed by atoms with van der Waals surface area (Å²) in [4.78, 5) is 21.9. The number of amides is 1. The van der Waals surface area contributed by atoms with Crippen LogP contribution in [0.5, 0.6) is 5.75 Å². The van der Waals surface area contributed by atoms with Gasteiger partial charge in [0, 0.05) is 17.8 Å². The molecule has 7 nitrogen and oxygen atoms in total. The highest BCUT2D eigenvalue weighted by Gasteiger charge is 2.08. The number of rotatable bonds is 5. The van der Waals surface area contributed by atoms with Gasteiger partial charge in [0.1, 0.15) is 5.75 Å². The van der Waals surface area contributed by atoms with E-state index in [9.17, 15) is 14.9 Å². The molecule has 0 unspecified atom stereocenters. The number of nitro benzene ring substituents is 1. The molecule has 2 rings (SSSR count). The number of thiocarbonyl (C=S) groups is 1. The standard InChI is InChI=1S/C17H17N3O4S/c1-11-7-12(2)9-13(8-11)18-17(25)19-16(21)10-24-15-5-3-14(4-6-15)20(22)23/h3-9H,10H2,1-2H3,(H2,18,19,21,25). The summed E-state index contributed by atoms with van der Waals surface area (Å²) in [6.07, 6.45) is 0. The van der Waals surface area contributed by atoms with Crippen molar-refractivity contribution < 1.29 is 14.5 Å². The van der Waals surface area contributed by atoms with E-state index in [1.54, 1.807) is 0 Å². The summed E-state index contributed by atoms with van der Waals surface area (Å²) >= 11 is 5.10. The minimum absolute atomic E-state index is 0.0457. The minimum atomic E-state index is -0.506. The number of carbonyl (C=O) groups excluding carboxylic acids is 1. The lowest BCUT2D eigenvalue weighted by atomic mass is 10.1. The maximum Gasteiger partial charge on any atom is 0.269 e. The van der Waals surface area contributed by atoms with Crippen molar-refractivity contribution in [2.45, 2.75) is 13.8 Å². The van der Waals surface area contributed by atoms with Crippen molar-refractivity contribution in [2.75, 3.05) is 11.9 Å². The molecule has 0 atom stereocenters. The lowest BCUT2D eigenvalue weighted by molar-refractivity contribution is -0.384. The monoisotopic (exact) mass is 359 g/mol. The largest absolute Gasteiger partial charge is 0.484 e. The number of hydrogen-bond acceptors (Lipinski definition) is 5. The first kappa shape index (κ1) is 18.3. The number of anilines is 1. The fraction of sp³-hybridized carbons (Fsp3) is 0.176. The van der Waals surface area contributed by atoms with Crippen molar-refractivity contribution in [3.63, 3.8) is 0 Å². The van der Waals surface area contributed by atoms with E-state index in [2.05, 4.69) is 10.6 Å². The lowest BCUT2D eigenvalue weighted by Gasteiger charge is -2.11. The van der Waals surface area contributed by atoms with Crippen LogP contribution in [0.1, 0.15) is 11.1 Å². The topological polar surface area (TPSA) is 93.5 Å². The smallest absolute Gasteiger partial charge is 0.269 e. The maximum absolute atomic E-state index is 11.9. The number of carbonyl (C=O) groups is 1. The molecule has 2 aromatic carbocycles. The zero-order chi connectivity index (χ0) is 18.4. The highest BCUT2D eigenvalue weighted by atomic mass is 32.1. The summed E-state index contributed by atoms with van der Waals surface area (Å²) in [6.45, 7) is 3.68. The Morgan fingerprint density at radius 3 is 2.32 bits per heavy atom. The molecule has 8 heteroatoms. The van der Waals surface area contributed by atoms with Crippen LogP contribution in [0.2, 0.25) is 0 Å². The molecule has 25 heavy (non-hydrogen) atoms. The highest BCUT2D eigenvalue weighted by molar-refractivity contribution is 7.80. The van der Waals surface area contributed by atoms with Gasteiger partial charge in [0.25, 0.3) is 11.6 Å². The van der Waals surface area contributed by atoms with Crippen molar-refractivity contribution >= 4 is 34.6 Å². The van der Waals surface area contributed by atoms with Gasteiger partial charge in [0.05, 0.1) is 4.92 Å². The fourth-order valence-electron chi connectivity index (χ4n) is 2.18. The zero-order valence-corrected chi connectivity index (χ0v) is 14.6. The first-order valence-electron chi connectivity index (χ1n) is 7.40. The summed E-state index contributed by atoms with van der Waals surface area (Å²) < 4.78 is 5.27. The molecule has 0 heterocycles. The summed E-state index contributed by atoms with van der Waals surface area (Å²) in [6, 6.07) is 11.3. The van der Waals surface area contributed by atoms with E-state index in [1.165, 1.54) is 24.3 Å². The van der Waals surface area contributed by atoms with Gasteiger partial charge in [-0.15, -0.1) is 0 Å². The van der Waals surface area contributed by atoms with E-state index in [0.29, 0.717) is 5.75 Å². The van der Waals surface area contributed by atoms with Crippen LogP contribution in [-0.2, 0) is 4.79 Å². The van der Waals surface area contributed by atoms with E-state index in [0.717, 1.165) is 16.8 Å². The number of nitrogens with one attached hydrogen (secondary N) is 2. The number of non-ortho nitro benzene ring substituents is 1. The number of nitro groups is 1. The van der Waals surface area contributed by atoms with Crippen LogP contribution in [0.3, 0.4) is 0 Å². The molecule has 0 saturated carbocycles. The van der Waals surface area contributed by atoms with E-state index < -0.39 is 10.8 Å². The second-order valence-electron chi connectivity index (χ2n) is 5.42. The Morgan fingerprint density at radius 2 is 1.76 bits per heavy atom. The Morgan fingerprint density at radius 1 is 1.16 bits per heavy atom. The van der Waals surface area contributed by atoms with Crippen LogP contribution in [0.4, 0.5) is 11.4 Å². The van der Waals surface area contributed by atoms with E-state index >= 15 is 0 Å². The van der Waals surface area contributed by atoms with Gasteiger partial charge in [-0.1, -0.05) is 6.07 Å². The van der Waals surface area contributed by atoms with Crippen LogP contribution < -0.4 is 15.4 Å². The van der Waals surface area contributed by atoms with Gasteiger partial charge in [-0.25, -0.2) is 0 Å². The van der Waals surface area contributed by atoms with Gasteiger partial charge in [0.15, 0.2) is 11.7 Å². The van der Waals surface area contributed by atoms with Gasteiger partial charge in [-0.2, -0.15) is 0 Å². The van der Waals surface area contributed by atoms with Crippen LogP contribution in [0, 0.1) is 24.0 Å². The molecule has 0 radical (unpaired) electrons. The van der Waals surface area contributed by atoms with Crippen LogP contribution >= 0.6 is 12.2 Å². The van der Waals surface area contributed by atoms with Gasteiger partial charge < -0.3 is 10.1 Å². The number of hydrogen-bond donors (Lipinski definition) is 2. The maximum atomic E-state index is 11.9. The van der Waals surface area contributed by atoms with Crippen molar-refractivity contribution in [2.24, 2.45) is 0 Å². The molecule has 130 valence electrons. The summed E-state index contributed by atoms with van der Waals surface area (Å²) in [5.74, 6) is -0.0748. The van der Waals surface area contributed by atoms with Crippen LogP contribution in [-0.4, -0.2) is 22.5 Å². The number of nitrogens with zero attached hydrogens (tertiary/aromatic N) is 1. The summed E-state index contributed by atoms with van der Waals surface area (Å²) in [7, 11) is 0. The summed E-state index contributed by atoms with van der Waals surface area (Å²) in [5.41, 5.74) is 2.91. The predicted octanol–water partition coefficient (Wildman–Crippen LogP) is 3.10. The van der Waals surface area contributed by atoms with Gasteiger partial charge in [-0.05, 0) is 61.5 Å². The second-order valence-corrected chi connectivity index (χ2v) is 5.83. The molecule has 0 bridgehead atoms. The van der Waals surface area contributed by atoms with Gasteiger partial charge >= 0.3 is 0 Å². The van der Waals surface area contributed by atoms with Crippen molar-refractivity contribution in [3.8, 4) is 5.75 Å². The fourth-order valence-corrected chi connectivity index (χ4v) is 2.42. The Bertz CT molecular complexity index is 786. The first-order chi connectivity index (χ1) is 11.8. The number of aryl methyl sites for hydroxylation is 2. The zero-order valence-electron chi connectivity index (χ0n) is 13.7. The molecule has 1 amide bonds. The molecule has 0 aliphatic carbocycles. The molecular weight excluding hydrogens is 342 g/mol. The van der Waals surface area contributed by atoms with E-state index in [1.807, 2.05) is 32.0 Å². The predicted molar refractivity (Wildman–Crippen MR) is 98.9 cm³/mol. The van der Waals surface area contributed by atoms with Gasteiger partial charge in [0.2, 0.25) is 0 Å². The molecule has 0 aliphatic heterocycles. The Labute approximate surface area is 150 Å². The van der Waals surface area contributed by atoms with Crippen LogP contribution in [0.25, 0.3) is 0 Å². The normalized spacial score (nSPS) is 10.0. The molecule has 0 aliphatic rings. The molecule has 0 spiro atoms. The third kappa shape index (κ3) is 5.85. The van der Waals surface area contributed by atoms with Crippen molar-refractivity contribution in [1.82, 2.24) is 5.32 Å². The average molecular weight is 359 g/mol. The SMILES string of the molecule is Cc1cc(C)cc(NC(=S)NC(=O)COc2ccc([N+](=O)[O-])cc2)c1.